The van der Waals surface area contributed by atoms with Gasteiger partial charge in [0.25, 0.3) is 0 Å². The molecule has 3 unspecified atom stereocenters. The lowest BCUT2D eigenvalue weighted by Crippen LogP contribution is -2.38. The maximum absolute atomic E-state index is 4.15. The van der Waals surface area contributed by atoms with Crippen LogP contribution < -0.4 is 5.32 Å². The van der Waals surface area contributed by atoms with Crippen LogP contribution in [0.5, 0.6) is 0 Å². The van der Waals surface area contributed by atoms with E-state index in [1.807, 2.05) is 4.68 Å². The van der Waals surface area contributed by atoms with Crippen molar-refractivity contribution >= 4 is 0 Å². The van der Waals surface area contributed by atoms with Gasteiger partial charge in [-0.05, 0) is 41.7 Å². The van der Waals surface area contributed by atoms with E-state index in [0.29, 0.717) is 11.5 Å². The average molecular weight is 296 g/mol. The van der Waals surface area contributed by atoms with Gasteiger partial charge in [-0.2, -0.15) is 5.10 Å². The molecule has 3 atom stereocenters. The van der Waals surface area contributed by atoms with E-state index in [1.165, 1.54) is 36.8 Å². The summed E-state index contributed by atoms with van der Waals surface area (Å²) in [5.74, 6) is 0.990. The number of rotatable bonds is 5. The highest BCUT2D eigenvalue weighted by molar-refractivity contribution is 5.23. The molecule has 1 N–H and O–H groups in total. The third-order valence-electron chi connectivity index (χ3n) is 5.69. The quantitative estimate of drug-likeness (QED) is 0.922. The smallest absolute Gasteiger partial charge is 0.137 e. The van der Waals surface area contributed by atoms with Crippen LogP contribution in [0.4, 0.5) is 0 Å². The second-order valence-electron chi connectivity index (χ2n) is 7.18. The summed E-state index contributed by atoms with van der Waals surface area (Å²) in [6, 6.07) is 9.56. The molecule has 0 spiro atoms. The van der Waals surface area contributed by atoms with E-state index in [9.17, 15) is 0 Å². The van der Waals surface area contributed by atoms with Gasteiger partial charge in [-0.3, -0.25) is 0 Å². The molecule has 22 heavy (non-hydrogen) atoms. The highest BCUT2D eigenvalue weighted by Crippen LogP contribution is 2.60. The van der Waals surface area contributed by atoms with Crippen molar-refractivity contribution in [2.24, 2.45) is 11.3 Å². The molecule has 2 aliphatic rings. The summed E-state index contributed by atoms with van der Waals surface area (Å²) in [6.07, 6.45) is 8.96. The number of fused-ring (bicyclic) bond motifs is 1. The number of nitrogens with zero attached hydrogens (tertiary/aromatic N) is 3. The molecule has 0 bridgehead atoms. The van der Waals surface area contributed by atoms with Crippen LogP contribution in [0.2, 0.25) is 0 Å². The monoisotopic (exact) mass is 296 g/mol. The number of hydrogen-bond donors (Lipinski definition) is 1. The third kappa shape index (κ3) is 2.68. The number of benzene rings is 1. The van der Waals surface area contributed by atoms with Crippen molar-refractivity contribution in [1.82, 2.24) is 20.1 Å². The minimum Gasteiger partial charge on any atom is -0.309 e. The van der Waals surface area contributed by atoms with Gasteiger partial charge in [0.1, 0.15) is 12.7 Å². The molecule has 1 heterocycles. The zero-order chi connectivity index (χ0) is 15.0. The largest absolute Gasteiger partial charge is 0.309 e. The van der Waals surface area contributed by atoms with Gasteiger partial charge in [-0.25, -0.2) is 9.67 Å². The predicted molar refractivity (Wildman–Crippen MR) is 86.3 cm³/mol. The Bertz CT molecular complexity index is 619. The number of hydrogen-bond acceptors (Lipinski definition) is 3. The second-order valence-corrected chi connectivity index (χ2v) is 7.18. The Morgan fingerprint density at radius 3 is 2.82 bits per heavy atom. The molecule has 4 rings (SSSR count). The minimum absolute atomic E-state index is 0.589. The lowest BCUT2D eigenvalue weighted by Gasteiger charge is -2.30. The summed E-state index contributed by atoms with van der Waals surface area (Å²) in [7, 11) is 0. The number of aromatic nitrogens is 3. The summed E-state index contributed by atoms with van der Waals surface area (Å²) in [5.41, 5.74) is 3.22. The molecule has 0 aliphatic heterocycles. The summed E-state index contributed by atoms with van der Waals surface area (Å²) in [6.45, 7) is 4.24. The highest BCUT2D eigenvalue weighted by atomic mass is 15.3. The lowest BCUT2D eigenvalue weighted by atomic mass is 9.85. The summed E-state index contributed by atoms with van der Waals surface area (Å²) in [4.78, 5) is 3.98. The maximum atomic E-state index is 4.15. The van der Waals surface area contributed by atoms with Crippen LogP contribution in [0, 0.1) is 11.3 Å². The summed E-state index contributed by atoms with van der Waals surface area (Å²) < 4.78 is 1.85. The first kappa shape index (κ1) is 13.9. The standard InChI is InChI=1S/C18H24N4/c1-18-9-16(18)3-2-4-17(18)20-10-14-5-7-15(8-6-14)11-22-13-19-12-21-22/h5-8,12-13,16-17,20H,2-4,9-11H2,1H3. The molecular formula is C18H24N4. The fourth-order valence-corrected chi connectivity index (χ4v) is 4.07. The molecule has 4 nitrogen and oxygen atoms in total. The fraction of sp³-hybridized carbons (Fsp3) is 0.556. The molecule has 0 amide bonds. The Kier molecular flexibility index (Phi) is 3.49. The van der Waals surface area contributed by atoms with Gasteiger partial charge >= 0.3 is 0 Å². The molecule has 0 saturated heterocycles. The molecule has 116 valence electrons. The molecular weight excluding hydrogens is 272 g/mol. The van der Waals surface area contributed by atoms with Gasteiger partial charge in [0, 0.05) is 12.6 Å². The molecule has 2 fully saturated rings. The normalized spacial score (nSPS) is 30.0. The first-order chi connectivity index (χ1) is 10.7. The van der Waals surface area contributed by atoms with Crippen molar-refractivity contribution in [3.05, 3.63) is 48.0 Å². The first-order valence-corrected chi connectivity index (χ1v) is 8.38. The van der Waals surface area contributed by atoms with Crippen molar-refractivity contribution in [3.8, 4) is 0 Å². The van der Waals surface area contributed by atoms with Crippen LogP contribution in [-0.2, 0) is 13.1 Å². The first-order valence-electron chi connectivity index (χ1n) is 8.38. The second kappa shape index (κ2) is 5.51. The van der Waals surface area contributed by atoms with Crippen LogP contribution in [-0.4, -0.2) is 20.8 Å². The van der Waals surface area contributed by atoms with Crippen LogP contribution >= 0.6 is 0 Å². The van der Waals surface area contributed by atoms with Gasteiger partial charge in [0.2, 0.25) is 0 Å². The Balaban J connectivity index is 1.33. The molecule has 4 heteroatoms. The molecule has 1 aromatic heterocycles. The molecule has 1 aromatic carbocycles. The summed E-state index contributed by atoms with van der Waals surface area (Å²) >= 11 is 0. The molecule has 2 aliphatic carbocycles. The topological polar surface area (TPSA) is 42.7 Å². The van der Waals surface area contributed by atoms with Gasteiger partial charge in [0.15, 0.2) is 0 Å². The molecule has 2 aromatic rings. The minimum atomic E-state index is 0.589. The van der Waals surface area contributed by atoms with Crippen molar-refractivity contribution in [1.29, 1.82) is 0 Å². The predicted octanol–water partition coefficient (Wildman–Crippen LogP) is 2.99. The van der Waals surface area contributed by atoms with Crippen molar-refractivity contribution < 1.29 is 0 Å². The molecule has 2 saturated carbocycles. The number of nitrogens with one attached hydrogen (secondary N) is 1. The highest BCUT2D eigenvalue weighted by Gasteiger charge is 2.56. The van der Waals surface area contributed by atoms with E-state index >= 15 is 0 Å². The van der Waals surface area contributed by atoms with Crippen LogP contribution in [0.15, 0.2) is 36.9 Å². The summed E-state index contributed by atoms with van der Waals surface area (Å²) in [5, 5.41) is 7.95. The van der Waals surface area contributed by atoms with E-state index in [0.717, 1.165) is 19.0 Å². The zero-order valence-electron chi connectivity index (χ0n) is 13.2. The van der Waals surface area contributed by atoms with Gasteiger partial charge in [-0.1, -0.05) is 37.6 Å². The van der Waals surface area contributed by atoms with E-state index in [1.54, 1.807) is 12.7 Å². The average Bonchev–Trinajstić information content (AvgIpc) is 2.96. The van der Waals surface area contributed by atoms with E-state index in [2.05, 4.69) is 46.6 Å². The van der Waals surface area contributed by atoms with Crippen molar-refractivity contribution in [2.75, 3.05) is 0 Å². The van der Waals surface area contributed by atoms with Crippen molar-refractivity contribution in [3.63, 3.8) is 0 Å². The van der Waals surface area contributed by atoms with E-state index in [4.69, 9.17) is 0 Å². The third-order valence-corrected chi connectivity index (χ3v) is 5.69. The van der Waals surface area contributed by atoms with E-state index in [-0.39, 0.29) is 0 Å². The van der Waals surface area contributed by atoms with E-state index < -0.39 is 0 Å². The Morgan fingerprint density at radius 1 is 1.23 bits per heavy atom. The molecule has 0 radical (unpaired) electrons. The Labute approximate surface area is 132 Å². The zero-order valence-corrected chi connectivity index (χ0v) is 13.2. The van der Waals surface area contributed by atoms with Crippen LogP contribution in [0.3, 0.4) is 0 Å². The maximum Gasteiger partial charge on any atom is 0.137 e. The van der Waals surface area contributed by atoms with Crippen LogP contribution in [0.25, 0.3) is 0 Å². The fourth-order valence-electron chi connectivity index (χ4n) is 4.07. The Morgan fingerprint density at radius 2 is 2.05 bits per heavy atom. The Hall–Kier alpha value is -1.68. The van der Waals surface area contributed by atoms with Crippen molar-refractivity contribution in [2.45, 2.75) is 51.7 Å². The van der Waals surface area contributed by atoms with Gasteiger partial charge in [-0.15, -0.1) is 0 Å². The van der Waals surface area contributed by atoms with Gasteiger partial charge < -0.3 is 5.32 Å². The SMILES string of the molecule is CC12CC1CCCC2NCc1ccc(Cn2cncn2)cc1. The van der Waals surface area contributed by atoms with Crippen LogP contribution in [0.1, 0.15) is 43.7 Å². The van der Waals surface area contributed by atoms with Gasteiger partial charge in [0.05, 0.1) is 6.54 Å². The lowest BCUT2D eigenvalue weighted by molar-refractivity contribution is 0.260.